The zero-order chi connectivity index (χ0) is 10.1. The number of hydrogen-bond acceptors (Lipinski definition) is 3. The molecule has 1 aromatic rings. The SMILES string of the molecule is NS(=O)(=O)c1ccc(C(=O)O)cc1.[NaH]. The summed E-state index contributed by atoms with van der Waals surface area (Å²) in [6.07, 6.45) is 0. The Labute approximate surface area is 103 Å². The summed E-state index contributed by atoms with van der Waals surface area (Å²) >= 11 is 0. The molecule has 1 rings (SSSR count). The van der Waals surface area contributed by atoms with E-state index in [0.717, 1.165) is 12.1 Å². The number of carboxylic acids is 1. The minimum atomic E-state index is -3.74. The molecule has 72 valence electrons. The Bertz CT molecular complexity index is 426. The first-order chi connectivity index (χ1) is 5.91. The van der Waals surface area contributed by atoms with Gasteiger partial charge in [0.05, 0.1) is 10.5 Å². The van der Waals surface area contributed by atoms with Crippen LogP contribution in [-0.2, 0) is 10.0 Å². The Balaban J connectivity index is 0.00000169. The maximum absolute atomic E-state index is 10.7. The normalized spacial score (nSPS) is 10.4. The molecule has 0 fully saturated rings. The van der Waals surface area contributed by atoms with Crippen molar-refractivity contribution in [3.63, 3.8) is 0 Å². The number of sulfonamides is 1. The summed E-state index contributed by atoms with van der Waals surface area (Å²) in [4.78, 5) is 10.3. The van der Waals surface area contributed by atoms with E-state index in [1.54, 1.807) is 0 Å². The number of carbonyl (C=O) groups is 1. The van der Waals surface area contributed by atoms with Gasteiger partial charge in [-0.2, -0.15) is 0 Å². The fourth-order valence-electron chi connectivity index (χ4n) is 0.787. The average molecular weight is 225 g/mol. The number of carboxylic acid groups (broad SMARTS) is 1. The first kappa shape index (κ1) is 13.6. The van der Waals surface area contributed by atoms with Crippen LogP contribution in [-0.4, -0.2) is 49.1 Å². The molecule has 0 heterocycles. The predicted molar refractivity (Wildman–Crippen MR) is 51.9 cm³/mol. The Hall–Kier alpha value is -0.400. The number of primary sulfonamides is 1. The molecule has 0 aliphatic rings. The quantitative estimate of drug-likeness (QED) is 0.655. The zero-order valence-corrected chi connectivity index (χ0v) is 7.28. The number of benzene rings is 1. The summed E-state index contributed by atoms with van der Waals surface area (Å²) in [6, 6.07) is 4.67. The number of aromatic carboxylic acids is 1. The van der Waals surface area contributed by atoms with Gasteiger partial charge in [-0.1, -0.05) is 0 Å². The Morgan fingerprint density at radius 2 is 1.64 bits per heavy atom. The van der Waals surface area contributed by atoms with Crippen molar-refractivity contribution < 1.29 is 18.3 Å². The van der Waals surface area contributed by atoms with Crippen LogP contribution in [0.1, 0.15) is 10.4 Å². The molecule has 0 radical (unpaired) electrons. The molecule has 7 heteroatoms. The first-order valence-electron chi connectivity index (χ1n) is 3.27. The summed E-state index contributed by atoms with van der Waals surface area (Å²) in [6.45, 7) is 0. The van der Waals surface area contributed by atoms with Gasteiger partial charge in [0.25, 0.3) is 0 Å². The van der Waals surface area contributed by atoms with Crippen LogP contribution in [0, 0.1) is 0 Å². The van der Waals surface area contributed by atoms with E-state index in [1.807, 2.05) is 0 Å². The molecule has 3 N–H and O–H groups in total. The fraction of sp³-hybridized carbons (Fsp3) is 0. The van der Waals surface area contributed by atoms with E-state index in [4.69, 9.17) is 10.2 Å². The van der Waals surface area contributed by atoms with Crippen molar-refractivity contribution in [1.29, 1.82) is 0 Å². The molecular formula is C7H8NNaO4S. The van der Waals surface area contributed by atoms with E-state index in [-0.39, 0.29) is 40.0 Å². The van der Waals surface area contributed by atoms with Crippen molar-refractivity contribution in [2.45, 2.75) is 4.90 Å². The molecule has 0 aliphatic carbocycles. The molecule has 0 amide bonds. The van der Waals surface area contributed by atoms with E-state index in [1.165, 1.54) is 12.1 Å². The van der Waals surface area contributed by atoms with E-state index >= 15 is 0 Å². The van der Waals surface area contributed by atoms with E-state index in [2.05, 4.69) is 0 Å². The zero-order valence-electron chi connectivity index (χ0n) is 6.47. The standard InChI is InChI=1S/C7H7NO4S.Na.H/c8-13(11,12)6-3-1-5(2-4-6)7(9)10;;/h1-4H,(H,9,10)(H2,8,11,12);;. The first-order valence-corrected chi connectivity index (χ1v) is 4.82. The van der Waals surface area contributed by atoms with E-state index in [0.29, 0.717) is 0 Å². The van der Waals surface area contributed by atoms with Gasteiger partial charge in [-0.15, -0.1) is 0 Å². The van der Waals surface area contributed by atoms with Gasteiger partial charge in [0, 0.05) is 0 Å². The van der Waals surface area contributed by atoms with E-state index in [9.17, 15) is 13.2 Å². The van der Waals surface area contributed by atoms with Gasteiger partial charge in [0.15, 0.2) is 0 Å². The molecule has 0 unspecified atom stereocenters. The minimum absolute atomic E-state index is 0. The topological polar surface area (TPSA) is 97.5 Å². The Kier molecular flexibility index (Phi) is 4.76. The molecule has 0 spiro atoms. The van der Waals surface area contributed by atoms with Gasteiger partial charge in [0.2, 0.25) is 10.0 Å². The van der Waals surface area contributed by atoms with Crippen molar-refractivity contribution in [1.82, 2.24) is 0 Å². The Morgan fingerprint density at radius 3 is 1.93 bits per heavy atom. The van der Waals surface area contributed by atoms with Crippen molar-refractivity contribution in [2.24, 2.45) is 5.14 Å². The van der Waals surface area contributed by atoms with Gasteiger partial charge in [-0.05, 0) is 24.3 Å². The monoisotopic (exact) mass is 225 g/mol. The summed E-state index contributed by atoms with van der Waals surface area (Å²) in [5.74, 6) is -1.11. The molecule has 0 aliphatic heterocycles. The summed E-state index contributed by atoms with van der Waals surface area (Å²) in [5, 5.41) is 13.3. The van der Waals surface area contributed by atoms with Crippen LogP contribution in [0.2, 0.25) is 0 Å². The molecule has 1 aromatic carbocycles. The van der Waals surface area contributed by atoms with Crippen LogP contribution in [0.4, 0.5) is 0 Å². The molecule has 0 aromatic heterocycles. The van der Waals surface area contributed by atoms with Gasteiger partial charge in [-0.25, -0.2) is 18.4 Å². The second kappa shape index (κ2) is 4.90. The molecule has 0 saturated carbocycles. The van der Waals surface area contributed by atoms with Gasteiger partial charge in [-0.3, -0.25) is 0 Å². The molecule has 0 saturated heterocycles. The van der Waals surface area contributed by atoms with Crippen LogP contribution in [0.5, 0.6) is 0 Å². The summed E-state index contributed by atoms with van der Waals surface area (Å²) < 4.78 is 21.5. The van der Waals surface area contributed by atoms with E-state index < -0.39 is 16.0 Å². The molecule has 5 nitrogen and oxygen atoms in total. The van der Waals surface area contributed by atoms with Crippen molar-refractivity contribution >= 4 is 45.5 Å². The molecule has 14 heavy (non-hydrogen) atoms. The van der Waals surface area contributed by atoms with Crippen LogP contribution in [0.15, 0.2) is 29.2 Å². The molecular weight excluding hydrogens is 217 g/mol. The summed E-state index contributed by atoms with van der Waals surface area (Å²) in [5.41, 5.74) is 0.0207. The van der Waals surface area contributed by atoms with Crippen molar-refractivity contribution in [3.8, 4) is 0 Å². The second-order valence-electron chi connectivity index (χ2n) is 2.37. The van der Waals surface area contributed by atoms with Gasteiger partial charge < -0.3 is 5.11 Å². The average Bonchev–Trinajstić information content (AvgIpc) is 2.03. The molecule has 0 atom stereocenters. The van der Waals surface area contributed by atoms with Crippen molar-refractivity contribution in [3.05, 3.63) is 29.8 Å². The third kappa shape index (κ3) is 3.39. The predicted octanol–water partition coefficient (Wildman–Crippen LogP) is -0.616. The van der Waals surface area contributed by atoms with Gasteiger partial charge in [0.1, 0.15) is 0 Å². The van der Waals surface area contributed by atoms with Crippen LogP contribution in [0.3, 0.4) is 0 Å². The third-order valence-electron chi connectivity index (χ3n) is 1.43. The number of rotatable bonds is 2. The van der Waals surface area contributed by atoms with Gasteiger partial charge >= 0.3 is 35.5 Å². The van der Waals surface area contributed by atoms with Crippen molar-refractivity contribution in [2.75, 3.05) is 0 Å². The third-order valence-corrected chi connectivity index (χ3v) is 2.36. The second-order valence-corrected chi connectivity index (χ2v) is 3.94. The summed E-state index contributed by atoms with van der Waals surface area (Å²) in [7, 11) is -3.74. The number of nitrogens with two attached hydrogens (primary N) is 1. The molecule has 0 bridgehead atoms. The fourth-order valence-corrected chi connectivity index (χ4v) is 1.30. The maximum atomic E-state index is 10.7. The van der Waals surface area contributed by atoms with Crippen LogP contribution < -0.4 is 5.14 Å². The van der Waals surface area contributed by atoms with Crippen LogP contribution >= 0.6 is 0 Å². The number of hydrogen-bond donors (Lipinski definition) is 2. The van der Waals surface area contributed by atoms with Crippen LogP contribution in [0.25, 0.3) is 0 Å². The Morgan fingerprint density at radius 1 is 1.21 bits per heavy atom.